The van der Waals surface area contributed by atoms with Crippen LogP contribution < -0.4 is 14.8 Å². The maximum absolute atomic E-state index is 11.1. The predicted molar refractivity (Wildman–Crippen MR) is 91.4 cm³/mol. The predicted octanol–water partition coefficient (Wildman–Crippen LogP) is 2.89. The van der Waals surface area contributed by atoms with Crippen LogP contribution in [0.5, 0.6) is 17.2 Å². The summed E-state index contributed by atoms with van der Waals surface area (Å²) in [6.45, 7) is 1.41. The third kappa shape index (κ3) is 3.02. The number of amides is 1. The van der Waals surface area contributed by atoms with E-state index in [-0.39, 0.29) is 5.91 Å². The normalized spacial score (nSPS) is 10.7. The number of methoxy groups -OCH3 is 1. The van der Waals surface area contributed by atoms with Crippen molar-refractivity contribution in [2.24, 2.45) is 7.05 Å². The van der Waals surface area contributed by atoms with E-state index in [4.69, 9.17) is 9.47 Å². The zero-order valence-corrected chi connectivity index (χ0v) is 14.8. The number of anilines is 1. The fourth-order valence-electron chi connectivity index (χ4n) is 2.22. The number of carbonyl (C=O) groups excluding carboxylic acids is 1. The van der Waals surface area contributed by atoms with Gasteiger partial charge in [-0.15, -0.1) is 0 Å². The van der Waals surface area contributed by atoms with Gasteiger partial charge in [0.15, 0.2) is 21.9 Å². The standard InChI is InChI=1S/C15H14BrN5O3/c1-8(22)19-11-6-9(4-5-17-11)24-10-7-18-14-12(13(10)23-3)21(2)15(16)20-14/h4-7H,1-3H3,(H,17,19,22). The third-order valence-corrected chi connectivity index (χ3v) is 3.94. The average molecular weight is 392 g/mol. The summed E-state index contributed by atoms with van der Waals surface area (Å²) in [6, 6.07) is 3.29. The Kier molecular flexibility index (Phi) is 4.34. The fraction of sp³-hybridized carbons (Fsp3) is 0.200. The fourth-order valence-corrected chi connectivity index (χ4v) is 2.56. The third-order valence-electron chi connectivity index (χ3n) is 3.23. The molecule has 124 valence electrons. The topological polar surface area (TPSA) is 91.2 Å². The molecule has 0 saturated heterocycles. The van der Waals surface area contributed by atoms with E-state index in [0.717, 1.165) is 0 Å². The van der Waals surface area contributed by atoms with Crippen molar-refractivity contribution in [1.29, 1.82) is 0 Å². The van der Waals surface area contributed by atoms with Crippen LogP contribution in [0.3, 0.4) is 0 Å². The minimum absolute atomic E-state index is 0.208. The number of pyridine rings is 2. The molecular formula is C15H14BrN5O3. The molecule has 0 aromatic carbocycles. The SMILES string of the molecule is COc1c(Oc2ccnc(NC(C)=O)c2)cnc2nc(Br)n(C)c12. The summed E-state index contributed by atoms with van der Waals surface area (Å²) >= 11 is 3.36. The quantitative estimate of drug-likeness (QED) is 0.734. The maximum atomic E-state index is 11.1. The Morgan fingerprint density at radius 3 is 2.88 bits per heavy atom. The first kappa shape index (κ1) is 16.2. The van der Waals surface area contributed by atoms with Crippen molar-refractivity contribution in [3.63, 3.8) is 0 Å². The monoisotopic (exact) mass is 391 g/mol. The van der Waals surface area contributed by atoms with Gasteiger partial charge in [-0.3, -0.25) is 4.79 Å². The lowest BCUT2D eigenvalue weighted by molar-refractivity contribution is -0.114. The molecule has 24 heavy (non-hydrogen) atoms. The number of ether oxygens (including phenoxy) is 2. The van der Waals surface area contributed by atoms with Crippen molar-refractivity contribution in [2.45, 2.75) is 6.92 Å². The Morgan fingerprint density at radius 1 is 1.38 bits per heavy atom. The van der Waals surface area contributed by atoms with Crippen LogP contribution in [0, 0.1) is 0 Å². The largest absolute Gasteiger partial charge is 0.491 e. The zero-order valence-electron chi connectivity index (χ0n) is 13.2. The highest BCUT2D eigenvalue weighted by Gasteiger charge is 2.18. The minimum Gasteiger partial charge on any atom is -0.491 e. The summed E-state index contributed by atoms with van der Waals surface area (Å²) in [5.74, 6) is 1.63. The van der Waals surface area contributed by atoms with Crippen LogP contribution in [0.25, 0.3) is 11.2 Å². The van der Waals surface area contributed by atoms with E-state index in [1.54, 1.807) is 31.6 Å². The first-order chi connectivity index (χ1) is 11.5. The molecule has 0 aliphatic heterocycles. The second kappa shape index (κ2) is 6.44. The van der Waals surface area contributed by atoms with Crippen molar-refractivity contribution < 1.29 is 14.3 Å². The number of carbonyl (C=O) groups is 1. The van der Waals surface area contributed by atoms with Crippen molar-refractivity contribution >= 4 is 38.8 Å². The summed E-state index contributed by atoms with van der Waals surface area (Å²) < 4.78 is 13.8. The van der Waals surface area contributed by atoms with Gasteiger partial charge in [-0.05, 0) is 22.0 Å². The first-order valence-corrected chi connectivity index (χ1v) is 7.75. The average Bonchev–Trinajstić information content (AvgIpc) is 2.82. The molecule has 3 aromatic rings. The molecule has 0 aliphatic carbocycles. The van der Waals surface area contributed by atoms with Crippen LogP contribution in [-0.2, 0) is 11.8 Å². The van der Waals surface area contributed by atoms with Gasteiger partial charge in [0.1, 0.15) is 17.1 Å². The molecule has 3 aromatic heterocycles. The number of imidazole rings is 1. The molecule has 0 spiro atoms. The molecule has 0 atom stereocenters. The molecule has 8 nitrogen and oxygen atoms in total. The number of hydrogen-bond acceptors (Lipinski definition) is 6. The van der Waals surface area contributed by atoms with E-state index < -0.39 is 0 Å². The van der Waals surface area contributed by atoms with Gasteiger partial charge >= 0.3 is 0 Å². The number of aryl methyl sites for hydroxylation is 1. The van der Waals surface area contributed by atoms with E-state index in [1.807, 2.05) is 11.6 Å². The van der Waals surface area contributed by atoms with E-state index in [1.165, 1.54) is 6.92 Å². The van der Waals surface area contributed by atoms with Gasteiger partial charge in [0.25, 0.3) is 0 Å². The van der Waals surface area contributed by atoms with Gasteiger partial charge in [0.2, 0.25) is 5.91 Å². The van der Waals surface area contributed by atoms with Gasteiger partial charge in [0.05, 0.1) is 13.3 Å². The van der Waals surface area contributed by atoms with E-state index in [9.17, 15) is 4.79 Å². The molecule has 0 unspecified atom stereocenters. The van der Waals surface area contributed by atoms with E-state index >= 15 is 0 Å². The van der Waals surface area contributed by atoms with Gasteiger partial charge in [0, 0.05) is 26.2 Å². The summed E-state index contributed by atoms with van der Waals surface area (Å²) in [5, 5.41) is 2.60. The smallest absolute Gasteiger partial charge is 0.222 e. The molecule has 1 N–H and O–H groups in total. The molecule has 3 rings (SSSR count). The van der Waals surface area contributed by atoms with Crippen molar-refractivity contribution in [3.05, 3.63) is 29.3 Å². The summed E-state index contributed by atoms with van der Waals surface area (Å²) in [4.78, 5) is 23.8. The summed E-state index contributed by atoms with van der Waals surface area (Å²) in [5.41, 5.74) is 1.25. The van der Waals surface area contributed by atoms with E-state index in [0.29, 0.717) is 39.0 Å². The van der Waals surface area contributed by atoms with Crippen molar-refractivity contribution in [2.75, 3.05) is 12.4 Å². The van der Waals surface area contributed by atoms with Gasteiger partial charge in [-0.1, -0.05) is 0 Å². The van der Waals surface area contributed by atoms with Gasteiger partial charge < -0.3 is 19.4 Å². The Hall–Kier alpha value is -2.68. The van der Waals surface area contributed by atoms with Crippen molar-refractivity contribution in [3.8, 4) is 17.2 Å². The number of rotatable bonds is 4. The first-order valence-electron chi connectivity index (χ1n) is 6.96. The lowest BCUT2D eigenvalue weighted by Gasteiger charge is -2.12. The van der Waals surface area contributed by atoms with Crippen LogP contribution in [0.2, 0.25) is 0 Å². The lowest BCUT2D eigenvalue weighted by Crippen LogP contribution is -2.07. The Labute approximate surface area is 146 Å². The summed E-state index contributed by atoms with van der Waals surface area (Å²) in [7, 11) is 3.40. The number of halogens is 1. The lowest BCUT2D eigenvalue weighted by atomic mass is 10.3. The minimum atomic E-state index is -0.208. The molecule has 9 heteroatoms. The highest BCUT2D eigenvalue weighted by Crippen LogP contribution is 2.37. The Morgan fingerprint density at radius 2 is 2.17 bits per heavy atom. The number of nitrogens with zero attached hydrogens (tertiary/aromatic N) is 4. The molecular weight excluding hydrogens is 378 g/mol. The Balaban J connectivity index is 2.01. The number of nitrogens with one attached hydrogen (secondary N) is 1. The number of fused-ring (bicyclic) bond motifs is 1. The molecule has 1 amide bonds. The molecule has 0 radical (unpaired) electrons. The second-order valence-corrected chi connectivity index (χ2v) is 5.64. The molecule has 3 heterocycles. The van der Waals surface area contributed by atoms with E-state index in [2.05, 4.69) is 36.2 Å². The van der Waals surface area contributed by atoms with Crippen LogP contribution in [0.4, 0.5) is 5.82 Å². The maximum Gasteiger partial charge on any atom is 0.222 e. The number of hydrogen-bond donors (Lipinski definition) is 1. The van der Waals surface area contributed by atoms with Crippen molar-refractivity contribution in [1.82, 2.24) is 19.5 Å². The molecule has 0 aliphatic rings. The number of aromatic nitrogens is 4. The highest BCUT2D eigenvalue weighted by atomic mass is 79.9. The van der Waals surface area contributed by atoms with Gasteiger partial charge in [-0.25, -0.2) is 15.0 Å². The van der Waals surface area contributed by atoms with Crippen LogP contribution in [0.15, 0.2) is 29.3 Å². The molecule has 0 bridgehead atoms. The molecule has 0 saturated carbocycles. The van der Waals surface area contributed by atoms with Gasteiger partial charge in [-0.2, -0.15) is 0 Å². The van der Waals surface area contributed by atoms with Crippen LogP contribution >= 0.6 is 15.9 Å². The second-order valence-electron chi connectivity index (χ2n) is 4.93. The van der Waals surface area contributed by atoms with Crippen LogP contribution in [0.1, 0.15) is 6.92 Å². The summed E-state index contributed by atoms with van der Waals surface area (Å²) in [6.07, 6.45) is 3.08. The van der Waals surface area contributed by atoms with Crippen LogP contribution in [-0.4, -0.2) is 32.5 Å². The highest BCUT2D eigenvalue weighted by molar-refractivity contribution is 9.10. The molecule has 0 fully saturated rings. The Bertz CT molecular complexity index is 925. The zero-order chi connectivity index (χ0) is 17.3.